The SMILES string of the molecule is BN1C[C@H]2c3ccccc3N[C@H]2C(C)(C)C1. The molecule has 3 rings (SSSR count). The van der Waals surface area contributed by atoms with Crippen LogP contribution in [-0.4, -0.2) is 31.9 Å². The van der Waals surface area contributed by atoms with Gasteiger partial charge in [0.2, 0.25) is 0 Å². The Morgan fingerprint density at radius 1 is 1.38 bits per heavy atom. The number of para-hydroxylation sites is 1. The van der Waals surface area contributed by atoms with Crippen LogP contribution in [0.5, 0.6) is 0 Å². The molecule has 2 aliphatic heterocycles. The van der Waals surface area contributed by atoms with E-state index in [1.807, 2.05) is 0 Å². The van der Waals surface area contributed by atoms with Gasteiger partial charge in [0, 0.05) is 17.6 Å². The maximum Gasteiger partial charge on any atom is 0.185 e. The minimum atomic E-state index is 0.344. The van der Waals surface area contributed by atoms with E-state index in [2.05, 4.69) is 56.2 Å². The van der Waals surface area contributed by atoms with Crippen LogP contribution in [0.3, 0.4) is 0 Å². The van der Waals surface area contributed by atoms with E-state index in [4.69, 9.17) is 0 Å². The monoisotopic (exact) mass is 214 g/mol. The molecule has 1 aromatic rings. The van der Waals surface area contributed by atoms with Crippen molar-refractivity contribution in [3.05, 3.63) is 29.8 Å². The number of anilines is 1. The van der Waals surface area contributed by atoms with Crippen LogP contribution >= 0.6 is 0 Å². The van der Waals surface area contributed by atoms with E-state index in [0.29, 0.717) is 17.4 Å². The fourth-order valence-electron chi connectivity index (χ4n) is 3.54. The number of benzene rings is 1. The molecule has 0 bridgehead atoms. The summed E-state index contributed by atoms with van der Waals surface area (Å²) in [6.45, 7) is 7.10. The second-order valence-electron chi connectivity index (χ2n) is 6.00. The van der Waals surface area contributed by atoms with E-state index in [1.54, 1.807) is 0 Å². The molecule has 0 saturated carbocycles. The Morgan fingerprint density at radius 2 is 2.12 bits per heavy atom. The van der Waals surface area contributed by atoms with Gasteiger partial charge in [-0.3, -0.25) is 0 Å². The predicted octanol–water partition coefficient (Wildman–Crippen LogP) is 1.45. The summed E-state index contributed by atoms with van der Waals surface area (Å²) in [6.07, 6.45) is 0. The first-order valence-corrected chi connectivity index (χ1v) is 6.12. The molecular weight excluding hydrogens is 195 g/mol. The second-order valence-corrected chi connectivity index (χ2v) is 6.00. The number of nitrogens with zero attached hydrogens (tertiary/aromatic N) is 1. The summed E-state index contributed by atoms with van der Waals surface area (Å²) < 4.78 is 0. The lowest BCUT2D eigenvalue weighted by molar-refractivity contribution is 0.154. The van der Waals surface area contributed by atoms with Gasteiger partial charge in [-0.25, -0.2) is 0 Å². The number of rotatable bonds is 0. The van der Waals surface area contributed by atoms with Gasteiger partial charge < -0.3 is 10.1 Å². The van der Waals surface area contributed by atoms with Crippen molar-refractivity contribution in [2.75, 3.05) is 18.4 Å². The van der Waals surface area contributed by atoms with Gasteiger partial charge in [0.25, 0.3) is 0 Å². The summed E-state index contributed by atoms with van der Waals surface area (Å²) >= 11 is 0. The van der Waals surface area contributed by atoms with Gasteiger partial charge in [-0.15, -0.1) is 0 Å². The molecule has 2 aliphatic rings. The summed E-state index contributed by atoms with van der Waals surface area (Å²) in [5.41, 5.74) is 3.20. The zero-order valence-electron chi connectivity index (χ0n) is 10.3. The average molecular weight is 214 g/mol. The zero-order valence-corrected chi connectivity index (χ0v) is 10.3. The van der Waals surface area contributed by atoms with Crippen molar-refractivity contribution in [2.24, 2.45) is 5.41 Å². The van der Waals surface area contributed by atoms with E-state index >= 15 is 0 Å². The van der Waals surface area contributed by atoms with Crippen molar-refractivity contribution in [1.29, 1.82) is 0 Å². The van der Waals surface area contributed by atoms with Gasteiger partial charge in [0.15, 0.2) is 7.98 Å². The van der Waals surface area contributed by atoms with Crippen LogP contribution in [0.2, 0.25) is 0 Å². The van der Waals surface area contributed by atoms with Crippen molar-refractivity contribution in [2.45, 2.75) is 25.8 Å². The average Bonchev–Trinajstić information content (AvgIpc) is 2.57. The smallest absolute Gasteiger partial charge is 0.185 e. The third-order valence-electron chi connectivity index (χ3n) is 4.10. The molecule has 2 nitrogen and oxygen atoms in total. The third-order valence-corrected chi connectivity index (χ3v) is 4.10. The summed E-state index contributed by atoms with van der Waals surface area (Å²) in [7, 11) is 2.24. The number of hydrogen-bond donors (Lipinski definition) is 1. The van der Waals surface area contributed by atoms with E-state index in [0.717, 1.165) is 0 Å². The highest BCUT2D eigenvalue weighted by Gasteiger charge is 2.45. The molecular formula is C13H19BN2. The minimum absolute atomic E-state index is 0.344. The maximum absolute atomic E-state index is 3.72. The number of nitrogens with one attached hydrogen (secondary N) is 1. The Morgan fingerprint density at radius 3 is 2.94 bits per heavy atom. The molecule has 2 heterocycles. The van der Waals surface area contributed by atoms with Crippen molar-refractivity contribution >= 4 is 13.7 Å². The molecule has 1 aromatic carbocycles. The van der Waals surface area contributed by atoms with Crippen molar-refractivity contribution in [3.8, 4) is 0 Å². The number of fused-ring (bicyclic) bond motifs is 3. The summed E-state index contributed by atoms with van der Waals surface area (Å²) in [6, 6.07) is 9.37. The Balaban J connectivity index is 2.02. The molecule has 16 heavy (non-hydrogen) atoms. The third kappa shape index (κ3) is 1.38. The van der Waals surface area contributed by atoms with Gasteiger partial charge in [0.05, 0.1) is 0 Å². The molecule has 84 valence electrons. The van der Waals surface area contributed by atoms with Crippen molar-refractivity contribution in [3.63, 3.8) is 0 Å². The van der Waals surface area contributed by atoms with Gasteiger partial charge >= 0.3 is 0 Å². The lowest BCUT2D eigenvalue weighted by Gasteiger charge is -2.45. The lowest BCUT2D eigenvalue weighted by atomic mass is 9.72. The van der Waals surface area contributed by atoms with Gasteiger partial charge in [0.1, 0.15) is 0 Å². The first kappa shape index (κ1) is 10.2. The minimum Gasteiger partial charge on any atom is -0.381 e. The molecule has 3 heteroatoms. The van der Waals surface area contributed by atoms with Crippen LogP contribution in [0.25, 0.3) is 0 Å². The quantitative estimate of drug-likeness (QED) is 0.657. The Kier molecular flexibility index (Phi) is 2.09. The highest BCUT2D eigenvalue weighted by atomic mass is 15.1. The van der Waals surface area contributed by atoms with Crippen LogP contribution in [0.15, 0.2) is 24.3 Å². The highest BCUT2D eigenvalue weighted by molar-refractivity contribution is 6.04. The molecule has 1 N–H and O–H groups in total. The Hall–Kier alpha value is -0.955. The maximum atomic E-state index is 3.72. The fraction of sp³-hybridized carbons (Fsp3) is 0.538. The molecule has 0 aliphatic carbocycles. The second kappa shape index (κ2) is 3.27. The molecule has 2 atom stereocenters. The van der Waals surface area contributed by atoms with Crippen molar-refractivity contribution in [1.82, 2.24) is 4.81 Å². The van der Waals surface area contributed by atoms with Crippen molar-refractivity contribution < 1.29 is 0 Å². The zero-order chi connectivity index (χ0) is 11.3. The topological polar surface area (TPSA) is 15.3 Å². The largest absolute Gasteiger partial charge is 0.381 e. The molecule has 0 radical (unpaired) electrons. The normalized spacial score (nSPS) is 31.6. The fourth-order valence-corrected chi connectivity index (χ4v) is 3.54. The van der Waals surface area contributed by atoms with E-state index in [-0.39, 0.29) is 0 Å². The number of piperidine rings is 1. The molecule has 1 saturated heterocycles. The Labute approximate surface area is 98.5 Å². The molecule has 0 aromatic heterocycles. The van der Waals surface area contributed by atoms with E-state index in [9.17, 15) is 0 Å². The molecule has 0 unspecified atom stereocenters. The summed E-state index contributed by atoms with van der Waals surface area (Å²) in [5.74, 6) is 0.657. The van der Waals surface area contributed by atoms with Crippen LogP contribution in [-0.2, 0) is 0 Å². The molecule has 0 spiro atoms. The van der Waals surface area contributed by atoms with Crippen LogP contribution in [0, 0.1) is 5.41 Å². The molecule has 1 fully saturated rings. The Bertz CT molecular complexity index is 416. The number of hydrogen-bond acceptors (Lipinski definition) is 2. The van der Waals surface area contributed by atoms with Gasteiger partial charge in [-0.1, -0.05) is 32.0 Å². The lowest BCUT2D eigenvalue weighted by Crippen LogP contribution is -2.52. The predicted molar refractivity (Wildman–Crippen MR) is 70.5 cm³/mol. The summed E-state index contributed by atoms with van der Waals surface area (Å²) in [5, 5.41) is 3.72. The highest BCUT2D eigenvalue weighted by Crippen LogP contribution is 2.46. The van der Waals surface area contributed by atoms with Crippen LogP contribution in [0.4, 0.5) is 5.69 Å². The summed E-state index contributed by atoms with van der Waals surface area (Å²) in [4.78, 5) is 2.46. The van der Waals surface area contributed by atoms with E-state index in [1.165, 1.54) is 24.3 Å². The molecule has 0 amide bonds. The van der Waals surface area contributed by atoms with Crippen LogP contribution in [0.1, 0.15) is 25.3 Å². The van der Waals surface area contributed by atoms with Gasteiger partial charge in [-0.2, -0.15) is 0 Å². The first-order chi connectivity index (χ1) is 7.58. The standard InChI is InChI=1S/C13H19BN2/c1-13(2)8-16(14)7-10-9-5-3-4-6-11(9)15-12(10)13/h3-6,10,12,15H,7-8,14H2,1-2H3/t10-,12+/m0/s1. The van der Waals surface area contributed by atoms with Gasteiger partial charge in [-0.05, 0) is 30.1 Å². The van der Waals surface area contributed by atoms with E-state index < -0.39 is 0 Å². The van der Waals surface area contributed by atoms with Crippen LogP contribution < -0.4 is 5.32 Å². The first-order valence-electron chi connectivity index (χ1n) is 6.12.